The molecule has 172 valence electrons. The lowest BCUT2D eigenvalue weighted by atomic mass is 9.96. The molecular weight excluding hydrogens is 400 g/mol. The van der Waals surface area contributed by atoms with Crippen LogP contribution in [0.4, 0.5) is 5.95 Å². The van der Waals surface area contributed by atoms with Crippen LogP contribution in [0.25, 0.3) is 0 Å². The fraction of sp³-hybridized carbons (Fsp3) is 0.560. The summed E-state index contributed by atoms with van der Waals surface area (Å²) in [5.41, 5.74) is 2.37. The number of piperazine rings is 1. The summed E-state index contributed by atoms with van der Waals surface area (Å²) in [5.74, 6) is 1.10. The Morgan fingerprint density at radius 2 is 1.72 bits per heavy atom. The molecule has 4 rings (SSSR count). The molecule has 2 aliphatic rings. The summed E-state index contributed by atoms with van der Waals surface area (Å²) in [7, 11) is 0. The second kappa shape index (κ2) is 11.4. The van der Waals surface area contributed by atoms with Gasteiger partial charge in [-0.25, -0.2) is 9.97 Å². The quantitative estimate of drug-likeness (QED) is 0.641. The van der Waals surface area contributed by atoms with Gasteiger partial charge >= 0.3 is 0 Å². The fourth-order valence-corrected chi connectivity index (χ4v) is 4.60. The number of aryl methyl sites for hydroxylation is 1. The summed E-state index contributed by atoms with van der Waals surface area (Å²) < 4.78 is 0. The summed E-state index contributed by atoms with van der Waals surface area (Å²) in [6.45, 7) is 11.0. The minimum absolute atomic E-state index is 0.109. The van der Waals surface area contributed by atoms with E-state index in [-0.39, 0.29) is 11.8 Å². The molecule has 0 atom stereocenters. The number of aromatic nitrogens is 2. The Kier molecular flexibility index (Phi) is 8.07. The van der Waals surface area contributed by atoms with E-state index in [2.05, 4.69) is 60.3 Å². The second-order valence-corrected chi connectivity index (χ2v) is 9.01. The number of piperidine rings is 1. The van der Waals surface area contributed by atoms with Crippen LogP contribution in [0.1, 0.15) is 30.5 Å². The van der Waals surface area contributed by atoms with Gasteiger partial charge in [0.1, 0.15) is 0 Å². The Hall–Kier alpha value is -2.51. The molecule has 32 heavy (non-hydrogen) atoms. The molecule has 7 heteroatoms. The highest BCUT2D eigenvalue weighted by molar-refractivity contribution is 5.78. The molecule has 2 aromatic rings. The number of carbonyl (C=O) groups excluding carboxylic acids is 1. The van der Waals surface area contributed by atoms with E-state index in [0.29, 0.717) is 0 Å². The number of benzene rings is 1. The topological polar surface area (TPSA) is 64.6 Å². The van der Waals surface area contributed by atoms with Crippen LogP contribution in [0.5, 0.6) is 0 Å². The summed E-state index contributed by atoms with van der Waals surface area (Å²) >= 11 is 0. The molecule has 2 fully saturated rings. The lowest BCUT2D eigenvalue weighted by Gasteiger charge is -2.34. The minimum atomic E-state index is 0.109. The maximum Gasteiger partial charge on any atom is 0.225 e. The summed E-state index contributed by atoms with van der Waals surface area (Å²) in [4.78, 5) is 28.7. The van der Waals surface area contributed by atoms with E-state index in [9.17, 15) is 4.79 Å². The molecule has 3 heterocycles. The molecule has 1 aromatic heterocycles. The number of rotatable bonds is 8. The highest BCUT2D eigenvalue weighted by Gasteiger charge is 2.26. The number of amides is 1. The van der Waals surface area contributed by atoms with Gasteiger partial charge in [-0.1, -0.05) is 30.3 Å². The van der Waals surface area contributed by atoms with Crippen molar-refractivity contribution in [2.75, 3.05) is 57.3 Å². The molecule has 0 saturated carbocycles. The first-order valence-electron chi connectivity index (χ1n) is 12.0. The standard InChI is InChI=1S/C25H36N6O/c1-21-8-12-27-25(28-21)31-14-9-23(10-15-31)24(32)26-11-5-13-29-16-18-30(19-17-29)20-22-6-3-2-4-7-22/h2-4,6-8,12,23H,5,9-11,13-20H2,1H3,(H,26,32). The van der Waals surface area contributed by atoms with Gasteiger partial charge < -0.3 is 15.1 Å². The average Bonchev–Trinajstić information content (AvgIpc) is 2.83. The SMILES string of the molecule is Cc1ccnc(N2CCC(C(=O)NCCCN3CCN(Cc4ccccc4)CC3)CC2)n1. The van der Waals surface area contributed by atoms with Gasteiger partial charge in [0.05, 0.1) is 0 Å². The van der Waals surface area contributed by atoms with Crippen molar-refractivity contribution in [3.05, 3.63) is 53.9 Å². The van der Waals surface area contributed by atoms with Crippen molar-refractivity contribution in [1.29, 1.82) is 0 Å². The fourth-order valence-electron chi connectivity index (χ4n) is 4.60. The number of anilines is 1. The van der Waals surface area contributed by atoms with Crippen molar-refractivity contribution in [3.8, 4) is 0 Å². The van der Waals surface area contributed by atoms with Crippen LogP contribution in [0.3, 0.4) is 0 Å². The predicted molar refractivity (Wildman–Crippen MR) is 127 cm³/mol. The van der Waals surface area contributed by atoms with E-state index < -0.39 is 0 Å². The molecule has 0 bridgehead atoms. The highest BCUT2D eigenvalue weighted by Crippen LogP contribution is 2.20. The number of carbonyl (C=O) groups is 1. The zero-order valence-electron chi connectivity index (χ0n) is 19.2. The molecule has 1 N–H and O–H groups in total. The Bertz CT molecular complexity index is 845. The third-order valence-electron chi connectivity index (χ3n) is 6.59. The number of hydrogen-bond donors (Lipinski definition) is 1. The van der Waals surface area contributed by atoms with Crippen molar-refractivity contribution < 1.29 is 4.79 Å². The van der Waals surface area contributed by atoms with Crippen molar-refractivity contribution in [3.63, 3.8) is 0 Å². The molecule has 2 saturated heterocycles. The maximum atomic E-state index is 12.6. The Labute approximate surface area is 191 Å². The Balaban J connectivity index is 1.08. The lowest BCUT2D eigenvalue weighted by molar-refractivity contribution is -0.125. The van der Waals surface area contributed by atoms with E-state index in [1.54, 1.807) is 6.20 Å². The van der Waals surface area contributed by atoms with Gasteiger partial charge in [-0.2, -0.15) is 0 Å². The first kappa shape index (κ1) is 22.7. The monoisotopic (exact) mass is 436 g/mol. The molecular formula is C25H36N6O. The first-order chi connectivity index (χ1) is 15.7. The molecule has 1 aromatic carbocycles. The van der Waals surface area contributed by atoms with Crippen LogP contribution in [0.2, 0.25) is 0 Å². The predicted octanol–water partition coefficient (Wildman–Crippen LogP) is 2.33. The normalized spacial score (nSPS) is 18.6. The van der Waals surface area contributed by atoms with Gasteiger partial charge in [0.15, 0.2) is 0 Å². The number of nitrogens with one attached hydrogen (secondary N) is 1. The molecule has 0 spiro atoms. The summed E-state index contributed by atoms with van der Waals surface area (Å²) in [5, 5.41) is 3.17. The molecule has 7 nitrogen and oxygen atoms in total. The number of hydrogen-bond acceptors (Lipinski definition) is 6. The van der Waals surface area contributed by atoms with E-state index in [4.69, 9.17) is 0 Å². The smallest absolute Gasteiger partial charge is 0.225 e. The van der Waals surface area contributed by atoms with Crippen molar-refractivity contribution in [1.82, 2.24) is 25.1 Å². The van der Waals surface area contributed by atoms with Crippen LogP contribution in [0.15, 0.2) is 42.6 Å². The van der Waals surface area contributed by atoms with Gasteiger partial charge in [-0.3, -0.25) is 9.69 Å². The zero-order valence-corrected chi connectivity index (χ0v) is 19.2. The highest BCUT2D eigenvalue weighted by atomic mass is 16.1. The van der Waals surface area contributed by atoms with Crippen molar-refractivity contribution >= 4 is 11.9 Å². The van der Waals surface area contributed by atoms with E-state index in [1.165, 1.54) is 5.56 Å². The van der Waals surface area contributed by atoms with Crippen LogP contribution in [0, 0.1) is 12.8 Å². The third-order valence-corrected chi connectivity index (χ3v) is 6.59. The van der Waals surface area contributed by atoms with Crippen LogP contribution in [-0.2, 0) is 11.3 Å². The largest absolute Gasteiger partial charge is 0.356 e. The van der Waals surface area contributed by atoms with Gasteiger partial charge in [-0.15, -0.1) is 0 Å². The van der Waals surface area contributed by atoms with Crippen molar-refractivity contribution in [2.24, 2.45) is 5.92 Å². The molecule has 0 radical (unpaired) electrons. The lowest BCUT2D eigenvalue weighted by Crippen LogP contribution is -2.46. The Morgan fingerprint density at radius 1 is 1.00 bits per heavy atom. The van der Waals surface area contributed by atoms with E-state index in [1.807, 2.05) is 13.0 Å². The number of nitrogens with zero attached hydrogens (tertiary/aromatic N) is 5. The minimum Gasteiger partial charge on any atom is -0.356 e. The average molecular weight is 437 g/mol. The summed E-state index contributed by atoms with van der Waals surface area (Å²) in [6, 6.07) is 12.6. The summed E-state index contributed by atoms with van der Waals surface area (Å²) in [6.07, 6.45) is 4.55. The van der Waals surface area contributed by atoms with Gasteiger partial charge in [0, 0.05) is 70.2 Å². The third kappa shape index (κ3) is 6.50. The molecule has 0 unspecified atom stereocenters. The first-order valence-corrected chi connectivity index (χ1v) is 12.0. The molecule has 2 aliphatic heterocycles. The molecule has 0 aliphatic carbocycles. The second-order valence-electron chi connectivity index (χ2n) is 9.01. The zero-order chi connectivity index (χ0) is 22.2. The maximum absolute atomic E-state index is 12.6. The van der Waals surface area contributed by atoms with Crippen LogP contribution in [-0.4, -0.2) is 78.0 Å². The van der Waals surface area contributed by atoms with E-state index in [0.717, 1.165) is 89.8 Å². The van der Waals surface area contributed by atoms with Gasteiger partial charge in [-0.05, 0) is 44.4 Å². The van der Waals surface area contributed by atoms with Crippen LogP contribution >= 0.6 is 0 Å². The van der Waals surface area contributed by atoms with Crippen molar-refractivity contribution in [2.45, 2.75) is 32.7 Å². The Morgan fingerprint density at radius 3 is 2.44 bits per heavy atom. The van der Waals surface area contributed by atoms with Crippen LogP contribution < -0.4 is 10.2 Å². The van der Waals surface area contributed by atoms with Gasteiger partial charge in [0.25, 0.3) is 0 Å². The molecule has 1 amide bonds. The van der Waals surface area contributed by atoms with E-state index >= 15 is 0 Å². The van der Waals surface area contributed by atoms with Gasteiger partial charge in [0.2, 0.25) is 11.9 Å².